The zero-order valence-corrected chi connectivity index (χ0v) is 13.1. The van der Waals surface area contributed by atoms with Gasteiger partial charge < -0.3 is 10.6 Å². The molecule has 0 aliphatic rings. The lowest BCUT2D eigenvalue weighted by Crippen LogP contribution is -2.37. The predicted molar refractivity (Wildman–Crippen MR) is 86.6 cm³/mol. The molecule has 1 heterocycles. The Balaban J connectivity index is 1.74. The summed E-state index contributed by atoms with van der Waals surface area (Å²) < 4.78 is 1.79. The van der Waals surface area contributed by atoms with Crippen LogP contribution < -0.4 is 10.6 Å². The number of aryl methyl sites for hydroxylation is 1. The van der Waals surface area contributed by atoms with Crippen LogP contribution in [0.1, 0.15) is 11.1 Å². The molecule has 2 N–H and O–H groups in total. The first-order valence-electron chi connectivity index (χ1n) is 6.84. The zero-order chi connectivity index (χ0) is 15.1. The molecule has 0 amide bonds. The minimum Gasteiger partial charge on any atom is -0.356 e. The number of aliphatic imine (C=N–C) groups is 1. The molecule has 5 nitrogen and oxygen atoms in total. The minimum absolute atomic E-state index is 0.703. The van der Waals surface area contributed by atoms with Gasteiger partial charge in [0.1, 0.15) is 0 Å². The smallest absolute Gasteiger partial charge is 0.191 e. The minimum atomic E-state index is 0.703. The molecule has 1 aromatic carbocycles. The van der Waals surface area contributed by atoms with Crippen LogP contribution >= 0.6 is 11.6 Å². The van der Waals surface area contributed by atoms with Crippen molar-refractivity contribution in [3.8, 4) is 0 Å². The lowest BCUT2D eigenvalue weighted by Gasteiger charge is -2.11. The van der Waals surface area contributed by atoms with Gasteiger partial charge >= 0.3 is 0 Å². The molecule has 2 rings (SSSR count). The van der Waals surface area contributed by atoms with E-state index in [1.54, 1.807) is 11.7 Å². The Bertz CT molecular complexity index is 588. The monoisotopic (exact) mass is 305 g/mol. The van der Waals surface area contributed by atoms with Crippen LogP contribution in [0, 0.1) is 0 Å². The van der Waals surface area contributed by atoms with Gasteiger partial charge in [0.2, 0.25) is 0 Å². The summed E-state index contributed by atoms with van der Waals surface area (Å²) in [5, 5.41) is 11.4. The van der Waals surface area contributed by atoms with Crippen LogP contribution in [-0.2, 0) is 20.0 Å². The second-order valence-electron chi connectivity index (χ2n) is 4.75. The van der Waals surface area contributed by atoms with Gasteiger partial charge in [-0.2, -0.15) is 5.10 Å². The molecule has 0 aliphatic carbocycles. The molecule has 0 spiro atoms. The van der Waals surface area contributed by atoms with E-state index >= 15 is 0 Å². The van der Waals surface area contributed by atoms with Crippen molar-refractivity contribution in [2.75, 3.05) is 13.6 Å². The van der Waals surface area contributed by atoms with E-state index in [9.17, 15) is 0 Å². The number of aromatic nitrogens is 2. The summed E-state index contributed by atoms with van der Waals surface area (Å²) >= 11 is 5.87. The molecule has 21 heavy (non-hydrogen) atoms. The predicted octanol–water partition coefficient (Wildman–Crippen LogP) is 1.98. The van der Waals surface area contributed by atoms with Crippen LogP contribution in [-0.4, -0.2) is 29.3 Å². The molecular formula is C15H20ClN5. The highest BCUT2D eigenvalue weighted by Crippen LogP contribution is 2.09. The maximum absolute atomic E-state index is 5.87. The molecule has 0 unspecified atom stereocenters. The maximum Gasteiger partial charge on any atom is 0.191 e. The molecule has 0 bridgehead atoms. The van der Waals surface area contributed by atoms with Gasteiger partial charge in [-0.25, -0.2) is 0 Å². The lowest BCUT2D eigenvalue weighted by atomic mass is 10.1. The molecule has 0 aliphatic heterocycles. The van der Waals surface area contributed by atoms with E-state index < -0.39 is 0 Å². The quantitative estimate of drug-likeness (QED) is 0.656. The Hall–Kier alpha value is -2.01. The number of nitrogens with zero attached hydrogens (tertiary/aromatic N) is 3. The molecule has 0 fully saturated rings. The first-order chi connectivity index (χ1) is 10.2. The summed E-state index contributed by atoms with van der Waals surface area (Å²) in [7, 11) is 3.67. The van der Waals surface area contributed by atoms with E-state index in [2.05, 4.69) is 20.7 Å². The zero-order valence-electron chi connectivity index (χ0n) is 12.3. The normalized spacial score (nSPS) is 11.5. The Labute approximate surface area is 130 Å². The largest absolute Gasteiger partial charge is 0.356 e. The van der Waals surface area contributed by atoms with Crippen LogP contribution in [0.3, 0.4) is 0 Å². The fraction of sp³-hybridized carbons (Fsp3) is 0.333. The third-order valence-electron chi connectivity index (χ3n) is 3.06. The van der Waals surface area contributed by atoms with Gasteiger partial charge in [0.15, 0.2) is 5.96 Å². The average molecular weight is 306 g/mol. The first kappa shape index (κ1) is 15.4. The van der Waals surface area contributed by atoms with Gasteiger partial charge in [-0.1, -0.05) is 23.7 Å². The summed E-state index contributed by atoms with van der Waals surface area (Å²) in [6, 6.07) is 7.89. The van der Waals surface area contributed by atoms with Crippen molar-refractivity contribution in [2.45, 2.75) is 13.0 Å². The third kappa shape index (κ3) is 5.11. The summed E-state index contributed by atoms with van der Waals surface area (Å²) in [5.41, 5.74) is 2.37. The maximum atomic E-state index is 5.87. The Morgan fingerprint density at radius 1 is 1.24 bits per heavy atom. The van der Waals surface area contributed by atoms with Crippen molar-refractivity contribution in [3.63, 3.8) is 0 Å². The average Bonchev–Trinajstić information content (AvgIpc) is 2.90. The molecule has 0 atom stereocenters. The molecule has 0 radical (unpaired) electrons. The Morgan fingerprint density at radius 2 is 2.00 bits per heavy atom. The fourth-order valence-electron chi connectivity index (χ4n) is 1.95. The van der Waals surface area contributed by atoms with E-state index in [1.807, 2.05) is 43.7 Å². The van der Waals surface area contributed by atoms with E-state index in [1.165, 1.54) is 5.56 Å². The molecular weight excluding hydrogens is 286 g/mol. The lowest BCUT2D eigenvalue weighted by molar-refractivity contribution is 0.764. The molecule has 112 valence electrons. The standard InChI is InChI=1S/C15H20ClN5/c1-17-15(19-9-13-10-20-21(2)11-13)18-8-7-12-3-5-14(16)6-4-12/h3-6,10-11H,7-9H2,1-2H3,(H2,17,18,19). The molecule has 6 heteroatoms. The number of hydrogen-bond donors (Lipinski definition) is 2. The van der Waals surface area contributed by atoms with Crippen molar-refractivity contribution in [3.05, 3.63) is 52.8 Å². The van der Waals surface area contributed by atoms with Gasteiger partial charge in [-0.15, -0.1) is 0 Å². The SMILES string of the molecule is CN=C(NCCc1ccc(Cl)cc1)NCc1cnn(C)c1. The first-order valence-corrected chi connectivity index (χ1v) is 7.21. The summed E-state index contributed by atoms with van der Waals surface area (Å²) in [6.45, 7) is 1.52. The second-order valence-corrected chi connectivity index (χ2v) is 5.19. The van der Waals surface area contributed by atoms with Crippen molar-refractivity contribution < 1.29 is 0 Å². The Kier molecular flexibility index (Phi) is 5.63. The molecule has 1 aromatic heterocycles. The Morgan fingerprint density at radius 3 is 2.62 bits per heavy atom. The van der Waals surface area contributed by atoms with Gasteiger partial charge in [0.05, 0.1) is 6.20 Å². The van der Waals surface area contributed by atoms with Gasteiger partial charge in [0.25, 0.3) is 0 Å². The van der Waals surface area contributed by atoms with Crippen LogP contribution in [0.2, 0.25) is 5.02 Å². The molecule has 0 saturated heterocycles. The number of guanidine groups is 1. The van der Waals surface area contributed by atoms with Crippen molar-refractivity contribution in [2.24, 2.45) is 12.0 Å². The number of nitrogens with one attached hydrogen (secondary N) is 2. The molecule has 2 aromatic rings. The van der Waals surface area contributed by atoms with Crippen molar-refractivity contribution in [1.29, 1.82) is 0 Å². The van der Waals surface area contributed by atoms with Crippen LogP contribution in [0.4, 0.5) is 0 Å². The van der Waals surface area contributed by atoms with Crippen molar-refractivity contribution in [1.82, 2.24) is 20.4 Å². The van der Waals surface area contributed by atoms with Gasteiger partial charge in [0, 0.05) is 44.0 Å². The fourth-order valence-corrected chi connectivity index (χ4v) is 2.07. The highest BCUT2D eigenvalue weighted by atomic mass is 35.5. The van der Waals surface area contributed by atoms with Gasteiger partial charge in [-0.05, 0) is 24.1 Å². The third-order valence-corrected chi connectivity index (χ3v) is 3.31. The summed E-state index contributed by atoms with van der Waals surface area (Å²) in [4.78, 5) is 4.20. The topological polar surface area (TPSA) is 54.2 Å². The summed E-state index contributed by atoms with van der Waals surface area (Å²) in [6.07, 6.45) is 4.74. The summed E-state index contributed by atoms with van der Waals surface area (Å²) in [5.74, 6) is 0.785. The van der Waals surface area contributed by atoms with E-state index in [4.69, 9.17) is 11.6 Å². The highest BCUT2D eigenvalue weighted by molar-refractivity contribution is 6.30. The van der Waals surface area contributed by atoms with Crippen LogP contribution in [0.5, 0.6) is 0 Å². The van der Waals surface area contributed by atoms with Crippen LogP contribution in [0.25, 0.3) is 0 Å². The van der Waals surface area contributed by atoms with E-state index in [-0.39, 0.29) is 0 Å². The highest BCUT2D eigenvalue weighted by Gasteiger charge is 2.00. The number of halogens is 1. The number of hydrogen-bond acceptors (Lipinski definition) is 2. The van der Waals surface area contributed by atoms with Crippen LogP contribution in [0.15, 0.2) is 41.7 Å². The van der Waals surface area contributed by atoms with Gasteiger partial charge in [-0.3, -0.25) is 9.67 Å². The van der Waals surface area contributed by atoms with E-state index in [0.717, 1.165) is 29.5 Å². The molecule has 0 saturated carbocycles. The second kappa shape index (κ2) is 7.69. The number of benzene rings is 1. The van der Waals surface area contributed by atoms with E-state index in [0.29, 0.717) is 6.54 Å². The van der Waals surface area contributed by atoms with Crippen molar-refractivity contribution >= 4 is 17.6 Å². The number of rotatable bonds is 5.